The van der Waals surface area contributed by atoms with E-state index in [2.05, 4.69) is 10.0 Å². The third-order valence-electron chi connectivity index (χ3n) is 3.03. The summed E-state index contributed by atoms with van der Waals surface area (Å²) in [4.78, 5) is 0. The molecule has 0 bridgehead atoms. The summed E-state index contributed by atoms with van der Waals surface area (Å²) in [5.41, 5.74) is 0. The standard InChI is InChI=1S/C12H29N3O2S/c1-6-12(11(3)4)14-18(16,17)15(5)10-8-9-13-7-2/h11-14H,6-10H2,1-5H3. The first kappa shape index (κ1) is 17.8. The zero-order valence-electron chi connectivity index (χ0n) is 12.4. The van der Waals surface area contributed by atoms with Crippen molar-refractivity contribution in [2.75, 3.05) is 26.7 Å². The third kappa shape index (κ3) is 6.68. The number of hydrogen-bond acceptors (Lipinski definition) is 3. The maximum Gasteiger partial charge on any atom is 0.279 e. The topological polar surface area (TPSA) is 61.4 Å². The van der Waals surface area contributed by atoms with Gasteiger partial charge in [0.1, 0.15) is 0 Å². The van der Waals surface area contributed by atoms with Crippen molar-refractivity contribution in [1.29, 1.82) is 0 Å². The Balaban J connectivity index is 4.26. The molecule has 1 atom stereocenters. The lowest BCUT2D eigenvalue weighted by atomic mass is 10.0. The summed E-state index contributed by atoms with van der Waals surface area (Å²) in [5, 5.41) is 3.18. The van der Waals surface area contributed by atoms with Gasteiger partial charge in [-0.3, -0.25) is 0 Å². The lowest BCUT2D eigenvalue weighted by Crippen LogP contribution is -2.46. The van der Waals surface area contributed by atoms with Gasteiger partial charge in [-0.1, -0.05) is 27.7 Å². The fourth-order valence-electron chi connectivity index (χ4n) is 1.70. The van der Waals surface area contributed by atoms with E-state index in [4.69, 9.17) is 0 Å². The highest BCUT2D eigenvalue weighted by Gasteiger charge is 2.22. The summed E-state index contributed by atoms with van der Waals surface area (Å²) in [6, 6.07) is 0.00576. The quantitative estimate of drug-likeness (QED) is 0.591. The van der Waals surface area contributed by atoms with Crippen LogP contribution in [-0.2, 0) is 10.2 Å². The maximum absolute atomic E-state index is 12.1. The molecule has 0 radical (unpaired) electrons. The van der Waals surface area contributed by atoms with Gasteiger partial charge in [0.25, 0.3) is 10.2 Å². The van der Waals surface area contributed by atoms with Crippen LogP contribution in [0.2, 0.25) is 0 Å². The van der Waals surface area contributed by atoms with Crippen LogP contribution in [0.4, 0.5) is 0 Å². The van der Waals surface area contributed by atoms with E-state index in [-0.39, 0.29) is 6.04 Å². The second-order valence-electron chi connectivity index (χ2n) is 4.91. The van der Waals surface area contributed by atoms with Crippen LogP contribution >= 0.6 is 0 Å². The van der Waals surface area contributed by atoms with Gasteiger partial charge in [0.15, 0.2) is 0 Å². The SMILES string of the molecule is CCNCCCN(C)S(=O)(=O)NC(CC)C(C)C. The van der Waals surface area contributed by atoms with Gasteiger partial charge in [0, 0.05) is 19.6 Å². The van der Waals surface area contributed by atoms with E-state index in [1.807, 2.05) is 27.7 Å². The molecule has 110 valence electrons. The van der Waals surface area contributed by atoms with Crippen LogP contribution in [-0.4, -0.2) is 45.4 Å². The predicted octanol–water partition coefficient (Wildman–Crippen LogP) is 1.19. The Kier molecular flexibility index (Phi) is 8.77. The van der Waals surface area contributed by atoms with Gasteiger partial charge in [0.2, 0.25) is 0 Å². The van der Waals surface area contributed by atoms with E-state index in [1.54, 1.807) is 7.05 Å². The lowest BCUT2D eigenvalue weighted by Gasteiger charge is -2.24. The van der Waals surface area contributed by atoms with E-state index < -0.39 is 10.2 Å². The molecular weight excluding hydrogens is 250 g/mol. The van der Waals surface area contributed by atoms with Gasteiger partial charge < -0.3 is 5.32 Å². The Hall–Kier alpha value is -0.170. The maximum atomic E-state index is 12.1. The molecule has 18 heavy (non-hydrogen) atoms. The average molecular weight is 279 g/mol. The van der Waals surface area contributed by atoms with E-state index in [9.17, 15) is 8.42 Å². The predicted molar refractivity (Wildman–Crippen MR) is 76.8 cm³/mol. The fraction of sp³-hybridized carbons (Fsp3) is 1.00. The first-order valence-electron chi connectivity index (χ1n) is 6.79. The van der Waals surface area contributed by atoms with Crippen LogP contribution in [0.25, 0.3) is 0 Å². The molecule has 0 spiro atoms. The third-order valence-corrected chi connectivity index (χ3v) is 4.64. The van der Waals surface area contributed by atoms with Gasteiger partial charge in [-0.2, -0.15) is 17.4 Å². The van der Waals surface area contributed by atoms with Crippen LogP contribution in [0.3, 0.4) is 0 Å². The Morgan fingerprint density at radius 3 is 2.28 bits per heavy atom. The van der Waals surface area contributed by atoms with E-state index in [1.165, 1.54) is 4.31 Å². The summed E-state index contributed by atoms with van der Waals surface area (Å²) >= 11 is 0. The van der Waals surface area contributed by atoms with Crippen molar-refractivity contribution in [1.82, 2.24) is 14.3 Å². The van der Waals surface area contributed by atoms with Crippen LogP contribution in [0.5, 0.6) is 0 Å². The Bertz CT molecular complexity index is 304. The molecule has 0 saturated carbocycles. The zero-order valence-corrected chi connectivity index (χ0v) is 13.2. The van der Waals surface area contributed by atoms with Crippen LogP contribution in [0.1, 0.15) is 40.5 Å². The molecule has 0 aromatic carbocycles. The summed E-state index contributed by atoms with van der Waals surface area (Å²) < 4.78 is 28.3. The first-order chi connectivity index (χ1) is 8.35. The Morgan fingerprint density at radius 2 is 1.83 bits per heavy atom. The molecule has 0 aromatic rings. The number of rotatable bonds is 10. The molecule has 0 aliphatic rings. The van der Waals surface area contributed by atoms with E-state index >= 15 is 0 Å². The van der Waals surface area contributed by atoms with Crippen molar-refractivity contribution in [3.8, 4) is 0 Å². The molecule has 0 heterocycles. The van der Waals surface area contributed by atoms with Crippen molar-refractivity contribution in [3.05, 3.63) is 0 Å². The molecule has 0 saturated heterocycles. The lowest BCUT2D eigenvalue weighted by molar-refractivity contribution is 0.400. The molecule has 0 aromatic heterocycles. The number of nitrogens with one attached hydrogen (secondary N) is 2. The van der Waals surface area contributed by atoms with Crippen molar-refractivity contribution in [2.24, 2.45) is 5.92 Å². The van der Waals surface area contributed by atoms with Crippen molar-refractivity contribution in [3.63, 3.8) is 0 Å². The minimum Gasteiger partial charge on any atom is -0.317 e. The van der Waals surface area contributed by atoms with Crippen LogP contribution in [0, 0.1) is 5.92 Å². The monoisotopic (exact) mass is 279 g/mol. The summed E-state index contributed by atoms with van der Waals surface area (Å²) in [7, 11) is -1.72. The van der Waals surface area contributed by atoms with E-state index in [0.29, 0.717) is 12.5 Å². The minimum atomic E-state index is -3.35. The zero-order chi connectivity index (χ0) is 14.2. The highest BCUT2D eigenvalue weighted by atomic mass is 32.2. The van der Waals surface area contributed by atoms with Gasteiger partial charge in [0.05, 0.1) is 0 Å². The Labute approximate surface area is 113 Å². The molecule has 5 nitrogen and oxygen atoms in total. The van der Waals surface area contributed by atoms with Crippen molar-refractivity contribution in [2.45, 2.75) is 46.6 Å². The van der Waals surface area contributed by atoms with Crippen LogP contribution in [0.15, 0.2) is 0 Å². The van der Waals surface area contributed by atoms with Crippen molar-refractivity contribution < 1.29 is 8.42 Å². The molecule has 0 fully saturated rings. The fourth-order valence-corrected chi connectivity index (χ4v) is 3.07. The number of nitrogens with zero attached hydrogens (tertiary/aromatic N) is 1. The summed E-state index contributed by atoms with van der Waals surface area (Å²) in [6.45, 7) is 10.4. The minimum absolute atomic E-state index is 0.00576. The second-order valence-corrected chi connectivity index (χ2v) is 6.72. The number of hydrogen-bond donors (Lipinski definition) is 2. The normalized spacial score (nSPS) is 14.4. The molecule has 1 unspecified atom stereocenters. The van der Waals surface area contributed by atoms with Gasteiger partial charge in [-0.05, 0) is 31.8 Å². The summed E-state index contributed by atoms with van der Waals surface area (Å²) in [5.74, 6) is 0.305. The van der Waals surface area contributed by atoms with E-state index in [0.717, 1.165) is 25.9 Å². The second kappa shape index (κ2) is 8.85. The molecule has 0 rings (SSSR count). The highest BCUT2D eigenvalue weighted by Crippen LogP contribution is 2.08. The molecule has 0 aliphatic heterocycles. The first-order valence-corrected chi connectivity index (χ1v) is 8.23. The molecular formula is C12H29N3O2S. The summed E-state index contributed by atoms with van der Waals surface area (Å²) in [6.07, 6.45) is 1.63. The molecule has 0 aliphatic carbocycles. The smallest absolute Gasteiger partial charge is 0.279 e. The molecule has 6 heteroatoms. The van der Waals surface area contributed by atoms with Gasteiger partial charge in [-0.15, -0.1) is 0 Å². The molecule has 2 N–H and O–H groups in total. The average Bonchev–Trinajstić information content (AvgIpc) is 2.31. The molecule has 0 amide bonds. The Morgan fingerprint density at radius 1 is 1.22 bits per heavy atom. The highest BCUT2D eigenvalue weighted by molar-refractivity contribution is 7.87. The van der Waals surface area contributed by atoms with Crippen LogP contribution < -0.4 is 10.0 Å². The largest absolute Gasteiger partial charge is 0.317 e. The van der Waals surface area contributed by atoms with Gasteiger partial charge >= 0.3 is 0 Å². The van der Waals surface area contributed by atoms with Crippen molar-refractivity contribution >= 4 is 10.2 Å². The van der Waals surface area contributed by atoms with Gasteiger partial charge in [-0.25, -0.2) is 0 Å².